The van der Waals surface area contributed by atoms with E-state index in [-0.39, 0.29) is 0 Å². The van der Waals surface area contributed by atoms with Crippen LogP contribution in [0, 0.1) is 0 Å². The molecule has 1 aromatic heterocycles. The molecule has 1 unspecified atom stereocenters. The van der Waals surface area contributed by atoms with E-state index in [1.54, 1.807) is 35.2 Å². The lowest BCUT2D eigenvalue weighted by Gasteiger charge is -2.06. The van der Waals surface area contributed by atoms with Crippen LogP contribution >= 0.6 is 0 Å². The molecule has 1 aliphatic heterocycles. The van der Waals surface area contributed by atoms with Crippen LogP contribution in [0.15, 0.2) is 34.7 Å². The van der Waals surface area contributed by atoms with Gasteiger partial charge in [-0.2, -0.15) is 0 Å². The first-order chi connectivity index (χ1) is 7.81. The highest BCUT2D eigenvalue weighted by atomic mass is 32.2. The molecule has 0 bridgehead atoms. The summed E-state index contributed by atoms with van der Waals surface area (Å²) in [5, 5.41) is 2.27. The lowest BCUT2D eigenvalue weighted by atomic mass is 10.1. The Morgan fingerprint density at radius 1 is 1.31 bits per heavy atom. The number of halogens is 1. The zero-order valence-corrected chi connectivity index (χ0v) is 8.92. The number of pyridine rings is 1. The van der Waals surface area contributed by atoms with Gasteiger partial charge in [0.05, 0.1) is 26.9 Å². The minimum atomic E-state index is -1.12. The van der Waals surface area contributed by atoms with Crippen molar-refractivity contribution in [3.05, 3.63) is 35.4 Å². The summed E-state index contributed by atoms with van der Waals surface area (Å²) >= 11 is 0. The van der Waals surface area contributed by atoms with Gasteiger partial charge in [-0.15, -0.1) is 4.48 Å². The summed E-state index contributed by atoms with van der Waals surface area (Å²) in [5.74, 6) is 0. The monoisotopic (exact) mass is 234 g/mol. The summed E-state index contributed by atoms with van der Waals surface area (Å²) in [5.41, 5.74) is 3.46. The number of fused-ring (bicyclic) bond motifs is 3. The second-order valence-corrected chi connectivity index (χ2v) is 4.73. The van der Waals surface area contributed by atoms with E-state index in [0.29, 0.717) is 21.5 Å². The lowest BCUT2D eigenvalue weighted by molar-refractivity contribution is 0.619. The van der Waals surface area contributed by atoms with Crippen LogP contribution in [0.5, 0.6) is 0 Å². The standard InChI is InChI=1S/C11H7FN2OS/c12-14-9-3-5-13-8-1-2-10-7(11(8)9)4-6-16(10)15/h1-6H,(H,13,14). The van der Waals surface area contributed by atoms with E-state index in [4.69, 9.17) is 0 Å². The van der Waals surface area contributed by atoms with E-state index in [1.165, 1.54) is 6.20 Å². The van der Waals surface area contributed by atoms with Gasteiger partial charge >= 0.3 is 0 Å². The van der Waals surface area contributed by atoms with Gasteiger partial charge in [0.15, 0.2) is 0 Å². The first kappa shape index (κ1) is 9.47. The molecule has 0 fully saturated rings. The summed E-state index contributed by atoms with van der Waals surface area (Å²) in [6.45, 7) is 0. The summed E-state index contributed by atoms with van der Waals surface area (Å²) in [7, 11) is -1.12. The molecule has 2 heterocycles. The Labute approximate surface area is 93.4 Å². The van der Waals surface area contributed by atoms with Crippen LogP contribution in [0.1, 0.15) is 5.56 Å². The molecule has 1 aliphatic rings. The molecule has 3 nitrogen and oxygen atoms in total. The van der Waals surface area contributed by atoms with Crippen molar-refractivity contribution in [2.75, 3.05) is 5.54 Å². The topological polar surface area (TPSA) is 42.0 Å². The van der Waals surface area contributed by atoms with Crippen molar-refractivity contribution in [3.63, 3.8) is 0 Å². The molecule has 1 aromatic carbocycles. The summed E-state index contributed by atoms with van der Waals surface area (Å²) in [6.07, 6.45) is 3.28. The Bertz CT molecular complexity index is 639. The van der Waals surface area contributed by atoms with Crippen molar-refractivity contribution in [2.45, 2.75) is 4.90 Å². The third kappa shape index (κ3) is 1.18. The van der Waals surface area contributed by atoms with Gasteiger partial charge in [0, 0.05) is 22.6 Å². The van der Waals surface area contributed by atoms with E-state index in [9.17, 15) is 8.69 Å². The van der Waals surface area contributed by atoms with E-state index in [0.717, 1.165) is 5.56 Å². The number of nitrogens with zero attached hydrogens (tertiary/aromatic N) is 1. The molecular weight excluding hydrogens is 227 g/mol. The van der Waals surface area contributed by atoms with Crippen LogP contribution in [0.4, 0.5) is 10.2 Å². The van der Waals surface area contributed by atoms with Gasteiger partial charge in [-0.1, -0.05) is 0 Å². The third-order valence-corrected chi connectivity index (χ3v) is 3.76. The van der Waals surface area contributed by atoms with Gasteiger partial charge < -0.3 is 0 Å². The Morgan fingerprint density at radius 2 is 2.19 bits per heavy atom. The maximum atomic E-state index is 12.6. The number of aromatic nitrogens is 1. The molecule has 5 heteroatoms. The molecule has 1 N–H and O–H groups in total. The van der Waals surface area contributed by atoms with Crippen molar-refractivity contribution in [3.8, 4) is 0 Å². The second kappa shape index (κ2) is 3.38. The zero-order chi connectivity index (χ0) is 11.1. The van der Waals surface area contributed by atoms with Crippen molar-refractivity contribution in [2.24, 2.45) is 0 Å². The van der Waals surface area contributed by atoms with Crippen LogP contribution in [0.2, 0.25) is 0 Å². The van der Waals surface area contributed by atoms with E-state index in [1.807, 2.05) is 0 Å². The van der Waals surface area contributed by atoms with E-state index < -0.39 is 10.8 Å². The van der Waals surface area contributed by atoms with Crippen LogP contribution in [-0.2, 0) is 10.8 Å². The number of anilines is 1. The maximum Gasteiger partial charge on any atom is 0.0782 e. The predicted molar refractivity (Wildman–Crippen MR) is 61.9 cm³/mol. The Hall–Kier alpha value is -1.75. The summed E-state index contributed by atoms with van der Waals surface area (Å²) in [6, 6.07) is 5.07. The Morgan fingerprint density at radius 3 is 3.00 bits per heavy atom. The fourth-order valence-corrected chi connectivity index (χ4v) is 2.87. The fourth-order valence-electron chi connectivity index (χ4n) is 1.88. The summed E-state index contributed by atoms with van der Waals surface area (Å²) in [4.78, 5) is 4.86. The van der Waals surface area contributed by atoms with Crippen molar-refractivity contribution in [1.29, 1.82) is 0 Å². The summed E-state index contributed by atoms with van der Waals surface area (Å²) < 4.78 is 24.2. The number of benzene rings is 1. The molecule has 2 aromatic rings. The van der Waals surface area contributed by atoms with Crippen LogP contribution in [-0.4, -0.2) is 9.19 Å². The molecule has 0 saturated heterocycles. The molecule has 1 atom stereocenters. The van der Waals surface area contributed by atoms with Gasteiger partial charge in [-0.25, -0.2) is 9.75 Å². The molecule has 0 saturated carbocycles. The highest BCUT2D eigenvalue weighted by molar-refractivity contribution is 7.88. The molecule has 0 amide bonds. The third-order valence-electron chi connectivity index (χ3n) is 2.58. The van der Waals surface area contributed by atoms with Gasteiger partial charge in [0.2, 0.25) is 0 Å². The average molecular weight is 234 g/mol. The average Bonchev–Trinajstić information content (AvgIpc) is 2.70. The normalized spacial score (nSPS) is 17.7. The minimum absolute atomic E-state index is 0.352. The Kier molecular flexibility index (Phi) is 2.00. The zero-order valence-electron chi connectivity index (χ0n) is 8.11. The molecule has 3 rings (SSSR count). The van der Waals surface area contributed by atoms with Crippen molar-refractivity contribution >= 4 is 33.5 Å². The largest absolute Gasteiger partial charge is 0.256 e. The van der Waals surface area contributed by atoms with Crippen LogP contribution in [0.25, 0.3) is 17.0 Å². The van der Waals surface area contributed by atoms with Crippen LogP contribution < -0.4 is 5.54 Å². The van der Waals surface area contributed by atoms with Crippen LogP contribution in [0.3, 0.4) is 0 Å². The quantitative estimate of drug-likeness (QED) is 0.771. The molecule has 80 valence electrons. The molecule has 0 radical (unpaired) electrons. The second-order valence-electron chi connectivity index (χ2n) is 3.42. The number of hydrogen-bond donors (Lipinski definition) is 1. The van der Waals surface area contributed by atoms with E-state index in [2.05, 4.69) is 4.98 Å². The predicted octanol–water partition coefficient (Wildman–Crippen LogP) is 2.62. The lowest BCUT2D eigenvalue weighted by Crippen LogP contribution is -1.92. The minimum Gasteiger partial charge on any atom is -0.256 e. The van der Waals surface area contributed by atoms with Crippen molar-refractivity contribution < 1.29 is 8.69 Å². The first-order valence-corrected chi connectivity index (χ1v) is 5.89. The highest BCUT2D eigenvalue weighted by Crippen LogP contribution is 2.34. The Balaban J connectivity index is 2.47. The molecular formula is C11H7FN2OS. The molecule has 0 aliphatic carbocycles. The molecule has 16 heavy (non-hydrogen) atoms. The van der Waals surface area contributed by atoms with E-state index >= 15 is 0 Å². The van der Waals surface area contributed by atoms with Gasteiger partial charge in [-0.05, 0) is 24.3 Å². The SMILES string of the molecule is O=S1C=Cc2c1ccc1nccc(NF)c21. The number of hydrogen-bond acceptors (Lipinski definition) is 3. The van der Waals surface area contributed by atoms with Gasteiger partial charge in [0.25, 0.3) is 0 Å². The van der Waals surface area contributed by atoms with Gasteiger partial charge in [-0.3, -0.25) is 4.98 Å². The first-order valence-electron chi connectivity index (χ1n) is 4.68. The maximum absolute atomic E-state index is 12.6. The molecule has 0 spiro atoms. The highest BCUT2D eigenvalue weighted by Gasteiger charge is 2.17. The fraction of sp³-hybridized carbons (Fsp3) is 0. The van der Waals surface area contributed by atoms with Crippen molar-refractivity contribution in [1.82, 2.24) is 4.98 Å². The van der Waals surface area contributed by atoms with Gasteiger partial charge in [0.1, 0.15) is 0 Å². The number of nitrogens with one attached hydrogen (secondary N) is 1. The number of rotatable bonds is 1. The smallest absolute Gasteiger partial charge is 0.0782 e.